The molecular formula is C12H20N4. The van der Waals surface area contributed by atoms with E-state index in [0.717, 1.165) is 26.2 Å². The van der Waals surface area contributed by atoms with Gasteiger partial charge in [-0.2, -0.15) is 0 Å². The second-order valence-electron chi connectivity index (χ2n) is 4.55. The second kappa shape index (κ2) is 4.72. The van der Waals surface area contributed by atoms with E-state index in [9.17, 15) is 0 Å². The van der Waals surface area contributed by atoms with E-state index in [1.807, 2.05) is 12.1 Å². The first-order valence-electron chi connectivity index (χ1n) is 5.75. The zero-order valence-corrected chi connectivity index (χ0v) is 9.74. The Morgan fingerprint density at radius 1 is 1.38 bits per heavy atom. The maximum absolute atomic E-state index is 5.80. The Morgan fingerprint density at radius 2 is 2.19 bits per heavy atom. The minimum absolute atomic E-state index is 0.569. The highest BCUT2D eigenvalue weighted by atomic mass is 15.2. The fourth-order valence-corrected chi connectivity index (χ4v) is 2.14. The van der Waals surface area contributed by atoms with Crippen LogP contribution >= 0.6 is 0 Å². The third-order valence-electron chi connectivity index (χ3n) is 3.01. The lowest BCUT2D eigenvalue weighted by atomic mass is 10.1. The Kier molecular flexibility index (Phi) is 3.31. The molecule has 1 aliphatic heterocycles. The second-order valence-corrected chi connectivity index (χ2v) is 4.55. The molecule has 0 radical (unpaired) electrons. The Hall–Kier alpha value is -1.26. The molecule has 0 aromatic heterocycles. The van der Waals surface area contributed by atoms with E-state index in [1.165, 1.54) is 5.56 Å². The molecule has 4 nitrogen and oxygen atoms in total. The van der Waals surface area contributed by atoms with E-state index >= 15 is 0 Å². The molecule has 0 spiro atoms. The smallest absolute Gasteiger partial charge is 0.0551 e. The van der Waals surface area contributed by atoms with Crippen molar-refractivity contribution < 1.29 is 0 Å². The summed E-state index contributed by atoms with van der Waals surface area (Å²) < 4.78 is 0. The molecule has 4 heteroatoms. The molecule has 1 aromatic carbocycles. The fraction of sp³-hybridized carbons (Fsp3) is 0.500. The van der Waals surface area contributed by atoms with Crippen LogP contribution < -0.4 is 16.8 Å². The largest absolute Gasteiger partial charge is 0.397 e. The van der Waals surface area contributed by atoms with Crippen molar-refractivity contribution in [3.05, 3.63) is 23.8 Å². The molecule has 0 amide bonds. The van der Waals surface area contributed by atoms with Gasteiger partial charge in [0.05, 0.1) is 11.4 Å². The Labute approximate surface area is 96.6 Å². The summed E-state index contributed by atoms with van der Waals surface area (Å²) in [6.45, 7) is 6.41. The first-order valence-corrected chi connectivity index (χ1v) is 5.75. The fourth-order valence-electron chi connectivity index (χ4n) is 2.14. The number of rotatable bonds is 2. The van der Waals surface area contributed by atoms with E-state index in [0.29, 0.717) is 17.4 Å². The van der Waals surface area contributed by atoms with Crippen molar-refractivity contribution in [1.29, 1.82) is 0 Å². The van der Waals surface area contributed by atoms with Crippen LogP contribution in [0.3, 0.4) is 0 Å². The molecule has 1 atom stereocenters. The van der Waals surface area contributed by atoms with Crippen molar-refractivity contribution in [2.24, 2.45) is 0 Å². The maximum Gasteiger partial charge on any atom is 0.0551 e. The van der Waals surface area contributed by atoms with Crippen molar-refractivity contribution in [3.8, 4) is 0 Å². The summed E-state index contributed by atoms with van der Waals surface area (Å²) in [6, 6.07) is 6.48. The molecular weight excluding hydrogens is 200 g/mol. The Morgan fingerprint density at radius 3 is 2.88 bits per heavy atom. The van der Waals surface area contributed by atoms with E-state index in [1.54, 1.807) is 0 Å². The summed E-state index contributed by atoms with van der Waals surface area (Å²) in [5.41, 5.74) is 14.1. The number of benzene rings is 1. The molecule has 1 aromatic rings. The predicted molar refractivity (Wildman–Crippen MR) is 68.0 cm³/mol. The molecule has 16 heavy (non-hydrogen) atoms. The van der Waals surface area contributed by atoms with Gasteiger partial charge >= 0.3 is 0 Å². The zero-order valence-electron chi connectivity index (χ0n) is 9.74. The predicted octanol–water partition coefficient (Wildman–Crippen LogP) is 0.645. The zero-order chi connectivity index (χ0) is 11.5. The van der Waals surface area contributed by atoms with Gasteiger partial charge in [-0.25, -0.2) is 0 Å². The van der Waals surface area contributed by atoms with Gasteiger partial charge in [0.2, 0.25) is 0 Å². The lowest BCUT2D eigenvalue weighted by Gasteiger charge is -2.31. The average Bonchev–Trinajstić information content (AvgIpc) is 2.24. The van der Waals surface area contributed by atoms with Crippen molar-refractivity contribution in [1.82, 2.24) is 10.2 Å². The molecule has 0 saturated carbocycles. The van der Waals surface area contributed by atoms with E-state index in [2.05, 4.69) is 23.2 Å². The maximum atomic E-state index is 5.80. The highest BCUT2D eigenvalue weighted by Gasteiger charge is 2.15. The third-order valence-corrected chi connectivity index (χ3v) is 3.01. The van der Waals surface area contributed by atoms with E-state index in [4.69, 9.17) is 11.5 Å². The molecule has 0 aliphatic carbocycles. The van der Waals surface area contributed by atoms with Gasteiger partial charge in [-0.3, -0.25) is 4.90 Å². The van der Waals surface area contributed by atoms with Gasteiger partial charge < -0.3 is 16.8 Å². The van der Waals surface area contributed by atoms with Gasteiger partial charge in [0.25, 0.3) is 0 Å². The van der Waals surface area contributed by atoms with Gasteiger partial charge in [-0.05, 0) is 24.6 Å². The van der Waals surface area contributed by atoms with Crippen molar-refractivity contribution >= 4 is 11.4 Å². The number of hydrogen-bond acceptors (Lipinski definition) is 4. The van der Waals surface area contributed by atoms with Gasteiger partial charge in [-0.1, -0.05) is 6.07 Å². The first kappa shape index (κ1) is 11.2. The number of hydrogen-bond donors (Lipinski definition) is 3. The van der Waals surface area contributed by atoms with Crippen molar-refractivity contribution in [2.45, 2.75) is 19.5 Å². The number of nitrogens with one attached hydrogen (secondary N) is 1. The minimum Gasteiger partial charge on any atom is -0.397 e. The number of nitrogen functional groups attached to an aromatic ring is 2. The van der Waals surface area contributed by atoms with E-state index in [-0.39, 0.29) is 0 Å². The molecule has 1 fully saturated rings. The van der Waals surface area contributed by atoms with Crippen LogP contribution in [0.5, 0.6) is 0 Å². The molecule has 2 rings (SSSR count). The van der Waals surface area contributed by atoms with Gasteiger partial charge in [-0.15, -0.1) is 0 Å². The highest BCUT2D eigenvalue weighted by Crippen LogP contribution is 2.17. The quantitative estimate of drug-likeness (QED) is 0.640. The van der Waals surface area contributed by atoms with Crippen LogP contribution in [0.15, 0.2) is 18.2 Å². The molecule has 1 aliphatic rings. The summed E-state index contributed by atoms with van der Waals surface area (Å²) in [4.78, 5) is 2.44. The summed E-state index contributed by atoms with van der Waals surface area (Å²) in [6.07, 6.45) is 0. The lowest BCUT2D eigenvalue weighted by Crippen LogP contribution is -2.48. The standard InChI is InChI=1S/C12H20N4/c1-9-7-16(5-4-15-9)8-10-2-3-11(13)12(14)6-10/h2-3,6,9,15H,4-5,7-8,13-14H2,1H3. The van der Waals surface area contributed by atoms with Crippen LogP contribution in [0.4, 0.5) is 11.4 Å². The van der Waals surface area contributed by atoms with Crippen LogP contribution in [0.2, 0.25) is 0 Å². The molecule has 1 heterocycles. The molecule has 0 bridgehead atoms. The number of nitrogens with two attached hydrogens (primary N) is 2. The van der Waals surface area contributed by atoms with Crippen LogP contribution in [-0.2, 0) is 6.54 Å². The van der Waals surface area contributed by atoms with Gasteiger partial charge in [0.15, 0.2) is 0 Å². The first-order chi connectivity index (χ1) is 7.65. The third kappa shape index (κ3) is 2.65. The van der Waals surface area contributed by atoms with E-state index < -0.39 is 0 Å². The van der Waals surface area contributed by atoms with Crippen LogP contribution in [-0.4, -0.2) is 30.6 Å². The SMILES string of the molecule is CC1CN(Cc2ccc(N)c(N)c2)CCN1. The molecule has 1 saturated heterocycles. The topological polar surface area (TPSA) is 67.3 Å². The van der Waals surface area contributed by atoms with Gasteiger partial charge in [0.1, 0.15) is 0 Å². The minimum atomic E-state index is 0.569. The number of nitrogens with zero attached hydrogens (tertiary/aromatic N) is 1. The van der Waals surface area contributed by atoms with Crippen molar-refractivity contribution in [2.75, 3.05) is 31.1 Å². The number of anilines is 2. The van der Waals surface area contributed by atoms with Crippen LogP contribution in [0, 0.1) is 0 Å². The summed E-state index contributed by atoms with van der Waals surface area (Å²) in [5, 5.41) is 3.43. The van der Waals surface area contributed by atoms with Gasteiger partial charge in [0, 0.05) is 32.2 Å². The number of piperazine rings is 1. The Balaban J connectivity index is 2.00. The molecule has 5 N–H and O–H groups in total. The molecule has 88 valence electrons. The normalized spacial score (nSPS) is 22.2. The summed E-state index contributed by atoms with van der Waals surface area (Å²) in [5.74, 6) is 0. The lowest BCUT2D eigenvalue weighted by molar-refractivity contribution is 0.199. The highest BCUT2D eigenvalue weighted by molar-refractivity contribution is 5.63. The summed E-state index contributed by atoms with van der Waals surface area (Å²) in [7, 11) is 0. The Bertz CT molecular complexity index is 364. The molecule has 1 unspecified atom stereocenters. The monoisotopic (exact) mass is 220 g/mol. The van der Waals surface area contributed by atoms with Crippen LogP contribution in [0.1, 0.15) is 12.5 Å². The summed E-state index contributed by atoms with van der Waals surface area (Å²) >= 11 is 0. The van der Waals surface area contributed by atoms with Crippen molar-refractivity contribution in [3.63, 3.8) is 0 Å². The van der Waals surface area contributed by atoms with Crippen LogP contribution in [0.25, 0.3) is 0 Å². The average molecular weight is 220 g/mol.